The molecule has 0 saturated carbocycles. The van der Waals surface area contributed by atoms with Gasteiger partial charge in [-0.25, -0.2) is 0 Å². The molecule has 2 heterocycles. The van der Waals surface area contributed by atoms with Gasteiger partial charge in [-0.15, -0.1) is 0 Å². The third-order valence-corrected chi connectivity index (χ3v) is 3.09. The fourth-order valence-corrected chi connectivity index (χ4v) is 1.57. The molecule has 0 aliphatic carbocycles. The summed E-state index contributed by atoms with van der Waals surface area (Å²) in [4.78, 5) is 6.33. The van der Waals surface area contributed by atoms with E-state index in [9.17, 15) is 0 Å². The number of nitrogens with zero attached hydrogens (tertiary/aromatic N) is 2. The van der Waals surface area contributed by atoms with Gasteiger partial charge in [-0.1, -0.05) is 0 Å². The Kier molecular flexibility index (Phi) is 2.42. The maximum absolute atomic E-state index is 5.68. The normalized spacial score (nSPS) is 27.0. The number of hydrogen-bond acceptors (Lipinski definition) is 3. The number of likely N-dealkylation sites (tertiary alicyclic amines) is 1. The first-order chi connectivity index (χ1) is 6.71. The molecule has 1 aromatic heterocycles. The summed E-state index contributed by atoms with van der Waals surface area (Å²) in [6.45, 7) is 4.15. The Labute approximate surface area is 84.7 Å². The van der Waals surface area contributed by atoms with E-state index in [2.05, 4.69) is 23.9 Å². The largest absolute Gasteiger partial charge is 0.490 e. The Balaban J connectivity index is 1.89. The second kappa shape index (κ2) is 3.58. The van der Waals surface area contributed by atoms with E-state index in [-0.39, 0.29) is 5.54 Å². The Hall–Kier alpha value is -1.09. The second-order valence-corrected chi connectivity index (χ2v) is 4.15. The van der Waals surface area contributed by atoms with Gasteiger partial charge in [0.15, 0.2) is 0 Å². The number of aromatic nitrogens is 1. The van der Waals surface area contributed by atoms with Gasteiger partial charge in [0.05, 0.1) is 11.7 Å². The predicted molar refractivity (Wildman–Crippen MR) is 55.4 cm³/mol. The molecule has 0 aromatic carbocycles. The highest BCUT2D eigenvalue weighted by atomic mass is 16.5. The summed E-state index contributed by atoms with van der Waals surface area (Å²) in [5.74, 6) is 0.856. The number of rotatable bonds is 3. The monoisotopic (exact) mass is 192 g/mol. The molecule has 3 nitrogen and oxygen atoms in total. The van der Waals surface area contributed by atoms with Gasteiger partial charge >= 0.3 is 0 Å². The molecular formula is C11H16N2O. The SMILES string of the molecule is CN1CC[C@]1(C)COc1cccnc1. The molecule has 0 radical (unpaired) electrons. The zero-order chi connectivity index (χ0) is 10.0. The molecule has 3 heteroatoms. The lowest BCUT2D eigenvalue weighted by Gasteiger charge is -2.48. The molecule has 1 aromatic rings. The van der Waals surface area contributed by atoms with Gasteiger partial charge in [-0.2, -0.15) is 0 Å². The number of likely N-dealkylation sites (N-methyl/N-ethyl adjacent to an activating group) is 1. The lowest BCUT2D eigenvalue weighted by molar-refractivity contribution is -0.0109. The van der Waals surface area contributed by atoms with E-state index >= 15 is 0 Å². The van der Waals surface area contributed by atoms with Crippen molar-refractivity contribution in [2.24, 2.45) is 0 Å². The van der Waals surface area contributed by atoms with Crippen LogP contribution in [0.25, 0.3) is 0 Å². The molecule has 76 valence electrons. The van der Waals surface area contributed by atoms with E-state index in [1.165, 1.54) is 13.0 Å². The Morgan fingerprint density at radius 1 is 1.64 bits per heavy atom. The predicted octanol–water partition coefficient (Wildman–Crippen LogP) is 1.55. The summed E-state index contributed by atoms with van der Waals surface area (Å²) < 4.78 is 5.68. The molecule has 1 aliphatic heterocycles. The van der Waals surface area contributed by atoms with E-state index in [4.69, 9.17) is 4.74 Å². The van der Waals surface area contributed by atoms with Crippen molar-refractivity contribution in [2.75, 3.05) is 20.2 Å². The van der Waals surface area contributed by atoms with Gasteiger partial charge in [0, 0.05) is 12.7 Å². The lowest BCUT2D eigenvalue weighted by atomic mass is 9.88. The standard InChI is InChI=1S/C11H16N2O/c1-11(5-7-13(11)2)9-14-10-4-3-6-12-8-10/h3-4,6,8H,5,7,9H2,1-2H3/t11-/m1/s1. The van der Waals surface area contributed by atoms with E-state index in [1.807, 2.05) is 12.1 Å². The van der Waals surface area contributed by atoms with E-state index < -0.39 is 0 Å². The average Bonchev–Trinajstić information content (AvgIpc) is 2.25. The molecule has 1 atom stereocenters. The van der Waals surface area contributed by atoms with E-state index in [1.54, 1.807) is 12.4 Å². The van der Waals surface area contributed by atoms with Crippen molar-refractivity contribution in [3.05, 3.63) is 24.5 Å². The molecule has 0 N–H and O–H groups in total. The first-order valence-corrected chi connectivity index (χ1v) is 4.95. The summed E-state index contributed by atoms with van der Waals surface area (Å²) >= 11 is 0. The first kappa shape index (κ1) is 9.46. The van der Waals surface area contributed by atoms with Crippen molar-refractivity contribution in [3.8, 4) is 5.75 Å². The molecule has 14 heavy (non-hydrogen) atoms. The molecule has 0 spiro atoms. The van der Waals surface area contributed by atoms with Gasteiger partial charge in [-0.05, 0) is 32.5 Å². The summed E-state index contributed by atoms with van der Waals surface area (Å²) in [6.07, 6.45) is 4.72. The van der Waals surface area contributed by atoms with Gasteiger partial charge in [0.2, 0.25) is 0 Å². The van der Waals surface area contributed by atoms with Gasteiger partial charge < -0.3 is 4.74 Å². The lowest BCUT2D eigenvalue weighted by Crippen LogP contribution is -2.58. The summed E-state index contributed by atoms with van der Waals surface area (Å²) in [5, 5.41) is 0. The summed E-state index contributed by atoms with van der Waals surface area (Å²) in [7, 11) is 2.14. The minimum atomic E-state index is 0.218. The summed E-state index contributed by atoms with van der Waals surface area (Å²) in [5.41, 5.74) is 0.218. The van der Waals surface area contributed by atoms with Gasteiger partial charge in [0.1, 0.15) is 12.4 Å². The highest BCUT2D eigenvalue weighted by Crippen LogP contribution is 2.28. The maximum Gasteiger partial charge on any atom is 0.137 e. The van der Waals surface area contributed by atoms with Crippen LogP contribution in [0.5, 0.6) is 5.75 Å². The zero-order valence-corrected chi connectivity index (χ0v) is 8.73. The quantitative estimate of drug-likeness (QED) is 0.726. The highest BCUT2D eigenvalue weighted by Gasteiger charge is 2.38. The molecule has 1 fully saturated rings. The van der Waals surface area contributed by atoms with Crippen LogP contribution in [0.2, 0.25) is 0 Å². The molecular weight excluding hydrogens is 176 g/mol. The Morgan fingerprint density at radius 2 is 2.50 bits per heavy atom. The van der Waals surface area contributed by atoms with Crippen molar-refractivity contribution in [2.45, 2.75) is 18.9 Å². The zero-order valence-electron chi connectivity index (χ0n) is 8.73. The number of hydrogen-bond donors (Lipinski definition) is 0. The smallest absolute Gasteiger partial charge is 0.137 e. The van der Waals surface area contributed by atoms with Crippen LogP contribution in [0.1, 0.15) is 13.3 Å². The van der Waals surface area contributed by atoms with Gasteiger partial charge in [-0.3, -0.25) is 9.88 Å². The fourth-order valence-electron chi connectivity index (χ4n) is 1.57. The van der Waals surface area contributed by atoms with Crippen LogP contribution in [-0.2, 0) is 0 Å². The minimum absolute atomic E-state index is 0.218. The second-order valence-electron chi connectivity index (χ2n) is 4.15. The van der Waals surface area contributed by atoms with Crippen LogP contribution in [0.4, 0.5) is 0 Å². The molecule has 0 bridgehead atoms. The van der Waals surface area contributed by atoms with E-state index in [0.29, 0.717) is 0 Å². The van der Waals surface area contributed by atoms with Crippen LogP contribution >= 0.6 is 0 Å². The Morgan fingerprint density at radius 3 is 3.00 bits per heavy atom. The first-order valence-electron chi connectivity index (χ1n) is 4.95. The van der Waals surface area contributed by atoms with Crippen molar-refractivity contribution >= 4 is 0 Å². The van der Waals surface area contributed by atoms with Crippen molar-refractivity contribution in [1.29, 1.82) is 0 Å². The molecule has 2 rings (SSSR count). The van der Waals surface area contributed by atoms with Crippen LogP contribution in [0, 0.1) is 0 Å². The third-order valence-electron chi connectivity index (χ3n) is 3.09. The Bertz CT molecular complexity index is 301. The van der Waals surface area contributed by atoms with Crippen molar-refractivity contribution < 1.29 is 4.74 Å². The number of pyridine rings is 1. The minimum Gasteiger partial charge on any atom is -0.490 e. The van der Waals surface area contributed by atoms with Crippen LogP contribution in [0.15, 0.2) is 24.5 Å². The molecule has 1 aliphatic rings. The van der Waals surface area contributed by atoms with Crippen molar-refractivity contribution in [3.63, 3.8) is 0 Å². The number of ether oxygens (including phenoxy) is 1. The third kappa shape index (κ3) is 1.73. The maximum atomic E-state index is 5.68. The van der Waals surface area contributed by atoms with Crippen molar-refractivity contribution in [1.82, 2.24) is 9.88 Å². The van der Waals surface area contributed by atoms with Crippen LogP contribution in [0.3, 0.4) is 0 Å². The summed E-state index contributed by atoms with van der Waals surface area (Å²) in [6, 6.07) is 3.83. The fraction of sp³-hybridized carbons (Fsp3) is 0.545. The van der Waals surface area contributed by atoms with E-state index in [0.717, 1.165) is 12.4 Å². The average molecular weight is 192 g/mol. The van der Waals surface area contributed by atoms with Crippen LogP contribution in [-0.4, -0.2) is 35.6 Å². The molecule has 0 unspecified atom stereocenters. The topological polar surface area (TPSA) is 25.4 Å². The highest BCUT2D eigenvalue weighted by molar-refractivity contribution is 5.16. The van der Waals surface area contributed by atoms with Gasteiger partial charge in [0.25, 0.3) is 0 Å². The van der Waals surface area contributed by atoms with Crippen LogP contribution < -0.4 is 4.74 Å². The molecule has 0 amide bonds. The molecule has 1 saturated heterocycles.